The molecular formula is C18H36O. The predicted octanol–water partition coefficient (Wildman–Crippen LogP) is 6.28. The second kappa shape index (κ2) is 12.7. The van der Waals surface area contributed by atoms with Crippen molar-refractivity contribution in [2.45, 2.75) is 97.5 Å². The van der Waals surface area contributed by atoms with Crippen LogP contribution >= 0.6 is 0 Å². The maximum atomic E-state index is 5.71. The van der Waals surface area contributed by atoms with E-state index in [0.717, 1.165) is 6.61 Å². The van der Waals surface area contributed by atoms with Crippen molar-refractivity contribution < 1.29 is 4.74 Å². The van der Waals surface area contributed by atoms with Gasteiger partial charge in [-0.15, -0.1) is 0 Å². The SMILES string of the molecule is CCCCCCC=CCCCCCCOC(C)(C)C. The lowest BCUT2D eigenvalue weighted by molar-refractivity contribution is -0.00473. The highest BCUT2D eigenvalue weighted by atomic mass is 16.5. The molecule has 0 rings (SSSR count). The molecule has 19 heavy (non-hydrogen) atoms. The molecule has 0 unspecified atom stereocenters. The van der Waals surface area contributed by atoms with Crippen LogP contribution in [0.25, 0.3) is 0 Å². The molecule has 0 aliphatic carbocycles. The molecule has 0 spiro atoms. The van der Waals surface area contributed by atoms with Gasteiger partial charge < -0.3 is 4.74 Å². The quantitative estimate of drug-likeness (QED) is 0.299. The number of unbranched alkanes of at least 4 members (excludes halogenated alkanes) is 8. The third kappa shape index (κ3) is 17.7. The van der Waals surface area contributed by atoms with E-state index in [1.807, 2.05) is 0 Å². The zero-order valence-corrected chi connectivity index (χ0v) is 13.8. The van der Waals surface area contributed by atoms with E-state index in [0.29, 0.717) is 0 Å². The molecule has 0 amide bonds. The third-order valence-electron chi connectivity index (χ3n) is 3.19. The van der Waals surface area contributed by atoms with Crippen LogP contribution in [0.15, 0.2) is 12.2 Å². The van der Waals surface area contributed by atoms with Gasteiger partial charge in [0.25, 0.3) is 0 Å². The lowest BCUT2D eigenvalue weighted by Crippen LogP contribution is -2.19. The average Bonchev–Trinajstić information content (AvgIpc) is 2.34. The van der Waals surface area contributed by atoms with Gasteiger partial charge in [-0.3, -0.25) is 0 Å². The summed E-state index contributed by atoms with van der Waals surface area (Å²) < 4.78 is 5.71. The van der Waals surface area contributed by atoms with Crippen molar-refractivity contribution in [1.29, 1.82) is 0 Å². The molecule has 0 N–H and O–H groups in total. The second-order valence-electron chi connectivity index (χ2n) is 6.48. The van der Waals surface area contributed by atoms with Gasteiger partial charge in [-0.25, -0.2) is 0 Å². The smallest absolute Gasteiger partial charge is 0.0598 e. The highest BCUT2D eigenvalue weighted by Crippen LogP contribution is 2.10. The summed E-state index contributed by atoms with van der Waals surface area (Å²) in [5.74, 6) is 0. The molecule has 0 saturated carbocycles. The van der Waals surface area contributed by atoms with Gasteiger partial charge in [0, 0.05) is 6.61 Å². The molecule has 114 valence electrons. The van der Waals surface area contributed by atoms with E-state index in [1.165, 1.54) is 64.2 Å². The monoisotopic (exact) mass is 268 g/mol. The Hall–Kier alpha value is -0.300. The van der Waals surface area contributed by atoms with Crippen molar-refractivity contribution in [3.63, 3.8) is 0 Å². The topological polar surface area (TPSA) is 9.23 Å². The van der Waals surface area contributed by atoms with Crippen molar-refractivity contribution in [2.75, 3.05) is 6.61 Å². The van der Waals surface area contributed by atoms with Crippen molar-refractivity contribution in [3.8, 4) is 0 Å². The van der Waals surface area contributed by atoms with E-state index in [9.17, 15) is 0 Å². The van der Waals surface area contributed by atoms with Gasteiger partial charge in [0.1, 0.15) is 0 Å². The largest absolute Gasteiger partial charge is 0.376 e. The fourth-order valence-corrected chi connectivity index (χ4v) is 2.02. The Balaban J connectivity index is 3.12. The maximum Gasteiger partial charge on any atom is 0.0598 e. The van der Waals surface area contributed by atoms with Crippen molar-refractivity contribution >= 4 is 0 Å². The van der Waals surface area contributed by atoms with Crippen LogP contribution in [0.4, 0.5) is 0 Å². The minimum absolute atomic E-state index is 0.0283. The zero-order chi connectivity index (χ0) is 14.4. The molecule has 0 bridgehead atoms. The van der Waals surface area contributed by atoms with Gasteiger partial charge in [0.15, 0.2) is 0 Å². The van der Waals surface area contributed by atoms with Gasteiger partial charge in [-0.1, -0.05) is 51.2 Å². The van der Waals surface area contributed by atoms with Gasteiger partial charge in [-0.2, -0.15) is 0 Å². The Bertz CT molecular complexity index is 200. The van der Waals surface area contributed by atoms with Crippen molar-refractivity contribution in [1.82, 2.24) is 0 Å². The normalized spacial score (nSPS) is 12.4. The molecule has 0 aromatic heterocycles. The van der Waals surface area contributed by atoms with Gasteiger partial charge in [-0.05, 0) is 52.9 Å². The summed E-state index contributed by atoms with van der Waals surface area (Å²) in [6.45, 7) is 9.55. The lowest BCUT2D eigenvalue weighted by Gasteiger charge is -2.19. The van der Waals surface area contributed by atoms with Crippen LogP contribution < -0.4 is 0 Å². The van der Waals surface area contributed by atoms with Gasteiger partial charge >= 0.3 is 0 Å². The summed E-state index contributed by atoms with van der Waals surface area (Å²) >= 11 is 0. The van der Waals surface area contributed by atoms with Crippen LogP contribution in [0.5, 0.6) is 0 Å². The Labute approximate surface area is 121 Å². The van der Waals surface area contributed by atoms with Crippen LogP contribution in [0, 0.1) is 0 Å². The highest BCUT2D eigenvalue weighted by Gasteiger charge is 2.08. The first-order chi connectivity index (χ1) is 9.06. The first-order valence-corrected chi connectivity index (χ1v) is 8.35. The molecule has 1 nitrogen and oxygen atoms in total. The van der Waals surface area contributed by atoms with E-state index in [1.54, 1.807) is 0 Å². The molecule has 0 radical (unpaired) electrons. The fraction of sp³-hybridized carbons (Fsp3) is 0.889. The standard InChI is InChI=1S/C18H36O/c1-5-6-7-8-9-10-11-12-13-14-15-16-17-19-18(2,3)4/h10-11H,5-9,12-17H2,1-4H3. The Morgan fingerprint density at radius 1 is 0.737 bits per heavy atom. The second-order valence-corrected chi connectivity index (χ2v) is 6.48. The van der Waals surface area contributed by atoms with E-state index in [-0.39, 0.29) is 5.60 Å². The summed E-state index contributed by atoms with van der Waals surface area (Å²) in [5.41, 5.74) is 0.0283. The summed E-state index contributed by atoms with van der Waals surface area (Å²) in [4.78, 5) is 0. The van der Waals surface area contributed by atoms with Crippen LogP contribution in [0.3, 0.4) is 0 Å². The third-order valence-corrected chi connectivity index (χ3v) is 3.19. The minimum atomic E-state index is 0.0283. The average molecular weight is 268 g/mol. The molecule has 0 aliphatic heterocycles. The Morgan fingerprint density at radius 3 is 1.79 bits per heavy atom. The zero-order valence-electron chi connectivity index (χ0n) is 13.8. The number of hydrogen-bond acceptors (Lipinski definition) is 1. The van der Waals surface area contributed by atoms with Crippen molar-refractivity contribution in [3.05, 3.63) is 12.2 Å². The summed E-state index contributed by atoms with van der Waals surface area (Å²) in [5, 5.41) is 0. The number of hydrogen-bond donors (Lipinski definition) is 0. The first kappa shape index (κ1) is 18.7. The minimum Gasteiger partial charge on any atom is -0.376 e. The molecule has 0 aromatic carbocycles. The molecule has 0 heterocycles. The number of ether oxygens (including phenoxy) is 1. The summed E-state index contributed by atoms with van der Waals surface area (Å²) in [7, 11) is 0. The molecular weight excluding hydrogens is 232 g/mol. The molecule has 1 heteroatoms. The first-order valence-electron chi connectivity index (χ1n) is 8.35. The van der Waals surface area contributed by atoms with Gasteiger partial charge in [0.05, 0.1) is 5.60 Å². The summed E-state index contributed by atoms with van der Waals surface area (Å²) in [6.07, 6.45) is 18.0. The Kier molecular flexibility index (Phi) is 12.5. The van der Waals surface area contributed by atoms with E-state index in [2.05, 4.69) is 39.8 Å². The van der Waals surface area contributed by atoms with Crippen LogP contribution in [-0.4, -0.2) is 12.2 Å². The van der Waals surface area contributed by atoms with E-state index < -0.39 is 0 Å². The molecule has 0 saturated heterocycles. The summed E-state index contributed by atoms with van der Waals surface area (Å²) in [6, 6.07) is 0. The number of rotatable bonds is 12. The number of allylic oxidation sites excluding steroid dienone is 2. The molecule has 0 aromatic rings. The van der Waals surface area contributed by atoms with Crippen molar-refractivity contribution in [2.24, 2.45) is 0 Å². The van der Waals surface area contributed by atoms with E-state index >= 15 is 0 Å². The van der Waals surface area contributed by atoms with Crippen LogP contribution in [0.1, 0.15) is 91.9 Å². The predicted molar refractivity (Wildman–Crippen MR) is 86.7 cm³/mol. The fourth-order valence-electron chi connectivity index (χ4n) is 2.02. The molecule has 0 aliphatic rings. The lowest BCUT2D eigenvalue weighted by atomic mass is 10.1. The maximum absolute atomic E-state index is 5.71. The highest BCUT2D eigenvalue weighted by molar-refractivity contribution is 4.81. The molecule has 0 fully saturated rings. The van der Waals surface area contributed by atoms with Crippen LogP contribution in [0.2, 0.25) is 0 Å². The Morgan fingerprint density at radius 2 is 1.26 bits per heavy atom. The van der Waals surface area contributed by atoms with E-state index in [4.69, 9.17) is 4.74 Å². The van der Waals surface area contributed by atoms with Gasteiger partial charge in [0.2, 0.25) is 0 Å². The molecule has 0 atom stereocenters. The van der Waals surface area contributed by atoms with Crippen LogP contribution in [-0.2, 0) is 4.74 Å².